The summed E-state index contributed by atoms with van der Waals surface area (Å²) in [4.78, 5) is 26.4. The number of fused-ring (bicyclic) bond motifs is 1. The van der Waals surface area contributed by atoms with Crippen LogP contribution in [0.15, 0.2) is 52.2 Å². The first-order chi connectivity index (χ1) is 15.2. The van der Waals surface area contributed by atoms with Gasteiger partial charge in [-0.25, -0.2) is 13.2 Å². The molecule has 10 heteroatoms. The number of piperazine rings is 1. The van der Waals surface area contributed by atoms with Crippen molar-refractivity contribution >= 4 is 27.0 Å². The fraction of sp³-hybridized carbons (Fsp3) is 0.364. The van der Waals surface area contributed by atoms with E-state index in [0.29, 0.717) is 29.9 Å². The van der Waals surface area contributed by atoms with Crippen molar-refractivity contribution in [1.82, 2.24) is 18.3 Å². The molecule has 0 unspecified atom stereocenters. The second-order valence-electron chi connectivity index (χ2n) is 7.94. The number of imidazole rings is 1. The molecular weight excluding hydrogens is 432 g/mol. The Kier molecular flexibility index (Phi) is 5.83. The van der Waals surface area contributed by atoms with Crippen molar-refractivity contribution in [3.8, 4) is 5.75 Å². The molecule has 2 heterocycles. The van der Waals surface area contributed by atoms with Crippen LogP contribution in [0.2, 0.25) is 0 Å². The molecule has 1 aliphatic heterocycles. The van der Waals surface area contributed by atoms with E-state index in [0.717, 1.165) is 5.56 Å². The van der Waals surface area contributed by atoms with Gasteiger partial charge < -0.3 is 9.64 Å². The summed E-state index contributed by atoms with van der Waals surface area (Å²) >= 11 is 0. The lowest BCUT2D eigenvalue weighted by Gasteiger charge is -2.34. The highest BCUT2D eigenvalue weighted by Gasteiger charge is 2.30. The van der Waals surface area contributed by atoms with Gasteiger partial charge in [-0.15, -0.1) is 0 Å². The van der Waals surface area contributed by atoms with Crippen molar-refractivity contribution in [3.63, 3.8) is 0 Å². The summed E-state index contributed by atoms with van der Waals surface area (Å²) in [6, 6.07) is 12.2. The average Bonchev–Trinajstić information content (AvgIpc) is 3.01. The maximum Gasteiger partial charge on any atom is 0.328 e. The minimum Gasteiger partial charge on any atom is -0.484 e. The Morgan fingerprint density at radius 1 is 0.969 bits per heavy atom. The van der Waals surface area contributed by atoms with Gasteiger partial charge in [-0.3, -0.25) is 13.9 Å². The lowest BCUT2D eigenvalue weighted by atomic mass is 10.2. The Morgan fingerprint density at radius 3 is 2.34 bits per heavy atom. The van der Waals surface area contributed by atoms with Crippen LogP contribution < -0.4 is 10.4 Å². The van der Waals surface area contributed by atoms with Crippen molar-refractivity contribution in [2.24, 2.45) is 14.1 Å². The minimum atomic E-state index is -3.74. The quantitative estimate of drug-likeness (QED) is 0.571. The summed E-state index contributed by atoms with van der Waals surface area (Å²) in [6.07, 6.45) is 0. The zero-order valence-corrected chi connectivity index (χ0v) is 19.1. The number of rotatable bonds is 5. The summed E-state index contributed by atoms with van der Waals surface area (Å²) < 4.78 is 36.2. The molecule has 0 saturated carbocycles. The Labute approximate surface area is 186 Å². The van der Waals surface area contributed by atoms with Gasteiger partial charge in [-0.05, 0) is 42.8 Å². The first kappa shape index (κ1) is 22.1. The highest BCUT2D eigenvalue weighted by molar-refractivity contribution is 7.89. The van der Waals surface area contributed by atoms with E-state index in [1.807, 2.05) is 25.1 Å². The highest BCUT2D eigenvalue weighted by Crippen LogP contribution is 2.22. The molecule has 0 atom stereocenters. The molecule has 0 spiro atoms. The Bertz CT molecular complexity index is 1330. The highest BCUT2D eigenvalue weighted by atomic mass is 32.2. The molecule has 1 aromatic heterocycles. The summed E-state index contributed by atoms with van der Waals surface area (Å²) in [5.74, 6) is 0.453. The van der Waals surface area contributed by atoms with E-state index in [1.54, 1.807) is 31.1 Å². The minimum absolute atomic E-state index is 0.0884. The Balaban J connectivity index is 1.42. The van der Waals surface area contributed by atoms with Gasteiger partial charge in [0.25, 0.3) is 5.91 Å². The lowest BCUT2D eigenvalue weighted by Crippen LogP contribution is -2.51. The van der Waals surface area contributed by atoms with Crippen LogP contribution in [0.1, 0.15) is 5.56 Å². The zero-order chi connectivity index (χ0) is 23.0. The van der Waals surface area contributed by atoms with E-state index >= 15 is 0 Å². The van der Waals surface area contributed by atoms with Crippen molar-refractivity contribution in [3.05, 3.63) is 58.5 Å². The average molecular weight is 459 g/mol. The topological polar surface area (TPSA) is 93.8 Å². The van der Waals surface area contributed by atoms with Gasteiger partial charge in [0, 0.05) is 40.3 Å². The number of hydrogen-bond donors (Lipinski definition) is 0. The molecule has 170 valence electrons. The van der Waals surface area contributed by atoms with Gasteiger partial charge in [0.1, 0.15) is 5.75 Å². The van der Waals surface area contributed by atoms with Crippen LogP contribution in [-0.4, -0.2) is 65.5 Å². The van der Waals surface area contributed by atoms with Gasteiger partial charge in [0.05, 0.1) is 15.9 Å². The number of amides is 1. The van der Waals surface area contributed by atoms with Gasteiger partial charge in [0.15, 0.2) is 6.61 Å². The predicted octanol–water partition coefficient (Wildman–Crippen LogP) is 1.10. The molecule has 2 aromatic carbocycles. The van der Waals surface area contributed by atoms with E-state index in [9.17, 15) is 18.0 Å². The van der Waals surface area contributed by atoms with Crippen molar-refractivity contribution in [2.45, 2.75) is 11.8 Å². The van der Waals surface area contributed by atoms with Crippen molar-refractivity contribution in [1.29, 1.82) is 0 Å². The molecule has 0 radical (unpaired) electrons. The standard InChI is InChI=1S/C22H26N4O5S/c1-16-5-4-6-17(13-16)31-15-21(27)25-9-11-26(12-10-25)32(29,30)18-7-8-19-20(14-18)24(3)22(28)23(19)2/h4-8,13-14H,9-12,15H2,1-3H3. The molecule has 1 aliphatic rings. The van der Waals surface area contributed by atoms with E-state index in [1.165, 1.54) is 25.6 Å². The number of ether oxygens (including phenoxy) is 1. The van der Waals surface area contributed by atoms with Crippen LogP contribution >= 0.6 is 0 Å². The number of carbonyl (C=O) groups is 1. The second kappa shape index (κ2) is 8.44. The molecule has 1 fully saturated rings. The third-order valence-electron chi connectivity index (χ3n) is 5.82. The summed E-state index contributed by atoms with van der Waals surface area (Å²) in [7, 11) is -0.478. The lowest BCUT2D eigenvalue weighted by molar-refractivity contribution is -0.134. The van der Waals surface area contributed by atoms with Gasteiger partial charge >= 0.3 is 5.69 Å². The number of carbonyl (C=O) groups excluding carboxylic acids is 1. The maximum absolute atomic E-state index is 13.2. The maximum atomic E-state index is 13.2. The van der Waals surface area contributed by atoms with Gasteiger partial charge in [-0.2, -0.15) is 4.31 Å². The normalized spacial score (nSPS) is 15.3. The van der Waals surface area contributed by atoms with E-state index in [2.05, 4.69) is 0 Å². The fourth-order valence-electron chi connectivity index (χ4n) is 3.92. The number of aromatic nitrogens is 2. The van der Waals surface area contributed by atoms with Gasteiger partial charge in [0.2, 0.25) is 10.0 Å². The van der Waals surface area contributed by atoms with Crippen molar-refractivity contribution in [2.75, 3.05) is 32.8 Å². The first-order valence-electron chi connectivity index (χ1n) is 10.3. The third kappa shape index (κ3) is 4.03. The summed E-state index contributed by atoms with van der Waals surface area (Å²) in [5.41, 5.74) is 2.05. The smallest absolute Gasteiger partial charge is 0.328 e. The molecule has 1 saturated heterocycles. The monoisotopic (exact) mass is 458 g/mol. The van der Waals surface area contributed by atoms with Crippen LogP contribution in [-0.2, 0) is 28.9 Å². The molecule has 1 amide bonds. The van der Waals surface area contributed by atoms with E-state index in [-0.39, 0.29) is 36.2 Å². The van der Waals surface area contributed by atoms with Crippen LogP contribution in [0.4, 0.5) is 0 Å². The molecule has 4 rings (SSSR count). The number of hydrogen-bond acceptors (Lipinski definition) is 5. The zero-order valence-electron chi connectivity index (χ0n) is 18.3. The van der Waals surface area contributed by atoms with Crippen LogP contribution in [0.5, 0.6) is 5.75 Å². The fourth-order valence-corrected chi connectivity index (χ4v) is 5.36. The predicted molar refractivity (Wildman–Crippen MR) is 120 cm³/mol. The van der Waals surface area contributed by atoms with E-state index < -0.39 is 10.0 Å². The Hall–Kier alpha value is -3.11. The van der Waals surface area contributed by atoms with Crippen LogP contribution in [0, 0.1) is 6.92 Å². The SMILES string of the molecule is Cc1cccc(OCC(=O)N2CCN(S(=O)(=O)c3ccc4c(c3)n(C)c(=O)n4C)CC2)c1. The number of benzene rings is 2. The van der Waals surface area contributed by atoms with E-state index in [4.69, 9.17) is 4.74 Å². The molecule has 0 aliphatic carbocycles. The summed E-state index contributed by atoms with van der Waals surface area (Å²) in [6.45, 7) is 2.84. The molecule has 0 bridgehead atoms. The Morgan fingerprint density at radius 2 is 1.66 bits per heavy atom. The number of sulfonamides is 1. The molecule has 0 N–H and O–H groups in total. The van der Waals surface area contributed by atoms with Crippen LogP contribution in [0.3, 0.4) is 0 Å². The van der Waals surface area contributed by atoms with Crippen LogP contribution in [0.25, 0.3) is 11.0 Å². The molecule has 3 aromatic rings. The first-order valence-corrected chi connectivity index (χ1v) is 11.8. The second-order valence-corrected chi connectivity index (χ2v) is 9.88. The number of aryl methyl sites for hydroxylation is 3. The number of nitrogens with zero attached hydrogens (tertiary/aromatic N) is 4. The van der Waals surface area contributed by atoms with Gasteiger partial charge in [-0.1, -0.05) is 12.1 Å². The van der Waals surface area contributed by atoms with Crippen molar-refractivity contribution < 1.29 is 17.9 Å². The third-order valence-corrected chi connectivity index (χ3v) is 7.72. The molecule has 9 nitrogen and oxygen atoms in total. The summed E-state index contributed by atoms with van der Waals surface area (Å²) in [5, 5.41) is 0. The molecular formula is C22H26N4O5S. The largest absolute Gasteiger partial charge is 0.484 e. The molecule has 32 heavy (non-hydrogen) atoms.